The number of carbonyl (C=O) groups excluding carboxylic acids is 2. The summed E-state index contributed by atoms with van der Waals surface area (Å²) >= 11 is 1.30. The minimum Gasteiger partial charge on any atom is -0.478 e. The first-order chi connectivity index (χ1) is 12.4. The first-order valence-corrected chi connectivity index (χ1v) is 8.79. The van der Waals surface area contributed by atoms with Crippen LogP contribution in [-0.4, -0.2) is 45.9 Å². The summed E-state index contributed by atoms with van der Waals surface area (Å²) in [4.78, 5) is 35.5. The lowest BCUT2D eigenvalue weighted by molar-refractivity contribution is -0.121. The number of hydrogen-bond donors (Lipinski definition) is 4. The van der Waals surface area contributed by atoms with Gasteiger partial charge in [0.25, 0.3) is 0 Å². The third-order valence-electron chi connectivity index (χ3n) is 3.71. The summed E-state index contributed by atoms with van der Waals surface area (Å²) in [5.41, 5.74) is 0.611. The lowest BCUT2D eigenvalue weighted by Gasteiger charge is -2.18. The molecule has 0 spiro atoms. The highest BCUT2D eigenvalue weighted by molar-refractivity contribution is 7.12. The highest BCUT2D eigenvalue weighted by Crippen LogP contribution is 2.13. The van der Waals surface area contributed by atoms with Crippen LogP contribution in [0.4, 0.5) is 0 Å². The van der Waals surface area contributed by atoms with Gasteiger partial charge in [-0.3, -0.25) is 9.59 Å². The van der Waals surface area contributed by atoms with Crippen molar-refractivity contribution in [3.05, 3.63) is 57.8 Å². The van der Waals surface area contributed by atoms with Crippen LogP contribution in [-0.2, 0) is 11.2 Å². The molecule has 0 aliphatic heterocycles. The summed E-state index contributed by atoms with van der Waals surface area (Å²) in [6.07, 6.45) is -0.00634. The molecule has 0 radical (unpaired) electrons. The monoisotopic (exact) mass is 375 g/mol. The van der Waals surface area contributed by atoms with Crippen LogP contribution in [0.1, 0.15) is 38.4 Å². The normalized spacial score (nSPS) is 11.6. The Kier molecular flexibility index (Phi) is 7.08. The van der Waals surface area contributed by atoms with E-state index in [-0.39, 0.29) is 30.6 Å². The van der Waals surface area contributed by atoms with Gasteiger partial charge in [-0.2, -0.15) is 0 Å². The number of amides is 1. The van der Waals surface area contributed by atoms with Crippen molar-refractivity contribution < 1.29 is 29.5 Å². The molecular formula is C17H18BNO6S. The van der Waals surface area contributed by atoms with Crippen LogP contribution in [0.25, 0.3) is 0 Å². The molecular weight excluding hydrogens is 357 g/mol. The first kappa shape index (κ1) is 19.8. The van der Waals surface area contributed by atoms with Gasteiger partial charge in [-0.15, -0.1) is 11.3 Å². The van der Waals surface area contributed by atoms with Crippen LogP contribution in [0.3, 0.4) is 0 Å². The average molecular weight is 375 g/mol. The fourth-order valence-corrected chi connectivity index (χ4v) is 3.08. The zero-order chi connectivity index (χ0) is 19.1. The predicted molar refractivity (Wildman–Crippen MR) is 97.1 cm³/mol. The van der Waals surface area contributed by atoms with Crippen molar-refractivity contribution in [3.8, 4) is 0 Å². The van der Waals surface area contributed by atoms with Gasteiger partial charge in [-0.25, -0.2) is 4.79 Å². The van der Waals surface area contributed by atoms with Gasteiger partial charge in [0.2, 0.25) is 5.91 Å². The number of carboxylic acids is 1. The van der Waals surface area contributed by atoms with Crippen molar-refractivity contribution >= 4 is 36.1 Å². The fraction of sp³-hybridized carbons (Fsp3) is 0.235. The molecule has 0 aliphatic carbocycles. The van der Waals surface area contributed by atoms with Crippen LogP contribution < -0.4 is 5.32 Å². The molecule has 0 saturated carbocycles. The third-order valence-corrected chi connectivity index (χ3v) is 4.62. The molecule has 7 nitrogen and oxygen atoms in total. The molecule has 1 amide bonds. The number of rotatable bonds is 9. The van der Waals surface area contributed by atoms with Crippen molar-refractivity contribution in [3.63, 3.8) is 0 Å². The Balaban J connectivity index is 1.93. The van der Waals surface area contributed by atoms with E-state index in [4.69, 9.17) is 5.11 Å². The van der Waals surface area contributed by atoms with E-state index in [0.717, 1.165) is 0 Å². The molecule has 26 heavy (non-hydrogen) atoms. The summed E-state index contributed by atoms with van der Waals surface area (Å²) in [6, 6.07) is 9.44. The van der Waals surface area contributed by atoms with Crippen LogP contribution in [0.5, 0.6) is 0 Å². The van der Waals surface area contributed by atoms with E-state index < -0.39 is 24.9 Å². The number of Topliss-reactive ketones (excluding diaryl/α,β-unsaturated/α-hetero) is 1. The van der Waals surface area contributed by atoms with E-state index in [9.17, 15) is 24.4 Å². The topological polar surface area (TPSA) is 124 Å². The average Bonchev–Trinajstić information content (AvgIpc) is 3.14. The molecule has 1 atom stereocenters. The second kappa shape index (κ2) is 9.28. The number of ketones is 1. The van der Waals surface area contributed by atoms with Crippen molar-refractivity contribution in [2.45, 2.75) is 25.2 Å². The zero-order valence-corrected chi connectivity index (χ0v) is 14.6. The van der Waals surface area contributed by atoms with Gasteiger partial charge >= 0.3 is 13.1 Å². The van der Waals surface area contributed by atoms with Gasteiger partial charge in [0.15, 0.2) is 5.78 Å². The van der Waals surface area contributed by atoms with Crippen molar-refractivity contribution in [1.29, 1.82) is 0 Å². The van der Waals surface area contributed by atoms with Crippen LogP contribution in [0.15, 0.2) is 41.8 Å². The number of nitrogens with one attached hydrogen (secondary N) is 1. The highest BCUT2D eigenvalue weighted by Gasteiger charge is 2.26. The Morgan fingerprint density at radius 3 is 2.50 bits per heavy atom. The van der Waals surface area contributed by atoms with Gasteiger partial charge in [-0.1, -0.05) is 18.2 Å². The third kappa shape index (κ3) is 5.80. The molecule has 1 unspecified atom stereocenters. The van der Waals surface area contributed by atoms with Crippen LogP contribution >= 0.6 is 11.3 Å². The molecule has 2 aromatic rings. The fourth-order valence-electron chi connectivity index (χ4n) is 2.38. The van der Waals surface area contributed by atoms with E-state index >= 15 is 0 Å². The summed E-state index contributed by atoms with van der Waals surface area (Å²) in [6.45, 7) is 0. The van der Waals surface area contributed by atoms with Crippen molar-refractivity contribution in [2.75, 3.05) is 0 Å². The van der Waals surface area contributed by atoms with E-state index in [2.05, 4.69) is 5.32 Å². The van der Waals surface area contributed by atoms with Gasteiger partial charge in [0.05, 0.1) is 16.4 Å². The molecule has 1 aromatic carbocycles. The number of carbonyl (C=O) groups is 3. The Morgan fingerprint density at radius 2 is 1.88 bits per heavy atom. The molecule has 1 aromatic heterocycles. The second-order valence-electron chi connectivity index (χ2n) is 5.70. The SMILES string of the molecule is O=C(CCC(=O)c1cccs1)NC(Cc1cccc(C(=O)O)c1)B(O)O. The summed E-state index contributed by atoms with van der Waals surface area (Å²) in [5, 5.41) is 32.2. The van der Waals surface area contributed by atoms with Gasteiger partial charge in [0, 0.05) is 12.8 Å². The summed E-state index contributed by atoms with van der Waals surface area (Å²) in [5.74, 6) is -2.74. The molecule has 1 heterocycles. The maximum absolute atomic E-state index is 12.0. The van der Waals surface area contributed by atoms with Crippen molar-refractivity contribution in [1.82, 2.24) is 5.32 Å². The maximum atomic E-state index is 12.0. The molecule has 9 heteroatoms. The molecule has 2 rings (SSSR count). The lowest BCUT2D eigenvalue weighted by atomic mass is 9.75. The van der Waals surface area contributed by atoms with E-state index in [1.807, 2.05) is 0 Å². The Bertz CT molecular complexity index is 777. The number of hydrogen-bond acceptors (Lipinski definition) is 6. The standard InChI is InChI=1S/C17H18BNO6S/c20-13(14-5-2-8-26-14)6-7-16(21)19-15(18(24)25)10-11-3-1-4-12(9-11)17(22)23/h1-5,8-9,15,24-25H,6-7,10H2,(H,19,21)(H,22,23). The number of aromatic carboxylic acids is 1. The number of benzene rings is 1. The van der Waals surface area contributed by atoms with Gasteiger partial charge in [-0.05, 0) is 35.6 Å². The second-order valence-corrected chi connectivity index (χ2v) is 6.65. The minimum absolute atomic E-state index is 0.0229. The molecule has 136 valence electrons. The highest BCUT2D eigenvalue weighted by atomic mass is 32.1. The van der Waals surface area contributed by atoms with E-state index in [1.165, 1.54) is 23.5 Å². The molecule has 0 aliphatic rings. The molecule has 4 N–H and O–H groups in total. The number of thiophene rings is 1. The van der Waals surface area contributed by atoms with Gasteiger partial charge < -0.3 is 20.5 Å². The number of carboxylic acid groups (broad SMARTS) is 1. The lowest BCUT2D eigenvalue weighted by Crippen LogP contribution is -2.47. The smallest absolute Gasteiger partial charge is 0.475 e. The first-order valence-electron chi connectivity index (χ1n) is 7.91. The summed E-state index contributed by atoms with van der Waals surface area (Å²) in [7, 11) is -1.82. The quantitative estimate of drug-likeness (QED) is 0.385. The molecule has 0 saturated heterocycles. The summed E-state index contributed by atoms with van der Waals surface area (Å²) < 4.78 is 0. The Morgan fingerprint density at radius 1 is 1.12 bits per heavy atom. The van der Waals surface area contributed by atoms with E-state index in [1.54, 1.807) is 29.6 Å². The minimum atomic E-state index is -1.82. The Labute approximate surface area is 154 Å². The largest absolute Gasteiger partial charge is 0.478 e. The Hall–Kier alpha value is -2.49. The van der Waals surface area contributed by atoms with Crippen LogP contribution in [0, 0.1) is 0 Å². The van der Waals surface area contributed by atoms with Crippen molar-refractivity contribution in [2.24, 2.45) is 0 Å². The maximum Gasteiger partial charge on any atom is 0.475 e. The molecule has 0 bridgehead atoms. The van der Waals surface area contributed by atoms with Crippen LogP contribution in [0.2, 0.25) is 0 Å². The predicted octanol–water partition coefficient (Wildman–Crippen LogP) is 1.15. The zero-order valence-electron chi connectivity index (χ0n) is 13.8. The van der Waals surface area contributed by atoms with Gasteiger partial charge in [0.1, 0.15) is 0 Å². The molecule has 0 fully saturated rings. The van der Waals surface area contributed by atoms with E-state index in [0.29, 0.717) is 10.4 Å².